The van der Waals surface area contributed by atoms with Crippen LogP contribution in [0.5, 0.6) is 0 Å². The molecule has 77 heavy (non-hydrogen) atoms. The molecule has 0 saturated carbocycles. The molecular weight excluding hydrogens is 947 g/mol. The molecule has 1 amide bonds. The molecule has 0 aliphatic carbocycles. The van der Waals surface area contributed by atoms with Crippen molar-refractivity contribution in [2.24, 2.45) is 0 Å². The van der Waals surface area contributed by atoms with Crippen molar-refractivity contribution in [3.63, 3.8) is 0 Å². The predicted octanol–water partition coefficient (Wildman–Crippen LogP) is 22.8. The topological polar surface area (TPSA) is 95.9 Å². The fourth-order valence-electron chi connectivity index (χ4n) is 11.4. The number of hydrogen-bond donors (Lipinski definition) is 3. The van der Waals surface area contributed by atoms with Crippen LogP contribution in [0, 0.1) is 0 Å². The molecule has 0 radical (unpaired) electrons. The van der Waals surface area contributed by atoms with Crippen molar-refractivity contribution in [1.29, 1.82) is 0 Å². The van der Waals surface area contributed by atoms with Gasteiger partial charge in [-0.05, 0) is 51.4 Å². The van der Waals surface area contributed by atoms with Gasteiger partial charge in [-0.15, -0.1) is 0 Å². The molecule has 0 aromatic heterocycles. The van der Waals surface area contributed by atoms with Gasteiger partial charge in [-0.3, -0.25) is 9.59 Å². The van der Waals surface area contributed by atoms with Gasteiger partial charge >= 0.3 is 5.97 Å². The average Bonchev–Trinajstić information content (AvgIpc) is 3.43. The lowest BCUT2D eigenvalue weighted by molar-refractivity contribution is -0.143. The Morgan fingerprint density at radius 3 is 0.922 bits per heavy atom. The summed E-state index contributed by atoms with van der Waals surface area (Å²) in [4.78, 5) is 24.6. The number of carbonyl (C=O) groups is 2. The summed E-state index contributed by atoms with van der Waals surface area (Å²) in [6.07, 6.45) is 82.6. The lowest BCUT2D eigenvalue weighted by Crippen LogP contribution is -2.45. The number of allylic oxidation sites excluding steroid dienone is 2. The van der Waals surface area contributed by atoms with Gasteiger partial charge in [-0.2, -0.15) is 0 Å². The minimum atomic E-state index is -0.663. The minimum Gasteiger partial charge on any atom is -0.466 e. The van der Waals surface area contributed by atoms with Gasteiger partial charge in [0.15, 0.2) is 0 Å². The Labute approximate surface area is 482 Å². The Morgan fingerprint density at radius 2 is 0.610 bits per heavy atom. The first-order valence-corrected chi connectivity index (χ1v) is 35.4. The number of amides is 1. The molecule has 458 valence electrons. The molecule has 0 saturated heterocycles. The van der Waals surface area contributed by atoms with Crippen molar-refractivity contribution < 1.29 is 24.5 Å². The molecule has 6 nitrogen and oxygen atoms in total. The molecule has 0 rings (SSSR count). The normalized spacial score (nSPS) is 12.5. The van der Waals surface area contributed by atoms with Crippen molar-refractivity contribution in [3.05, 3.63) is 12.2 Å². The smallest absolute Gasteiger partial charge is 0.305 e. The van der Waals surface area contributed by atoms with E-state index in [1.165, 1.54) is 327 Å². The fourth-order valence-corrected chi connectivity index (χ4v) is 11.4. The summed E-state index contributed by atoms with van der Waals surface area (Å²) in [5, 5.41) is 23.4. The van der Waals surface area contributed by atoms with Crippen LogP contribution in [0.25, 0.3) is 0 Å². The third-order valence-electron chi connectivity index (χ3n) is 16.8. The minimum absolute atomic E-state index is 0.00962. The standard InChI is InChI=1S/C71H139NO5/c1-3-5-7-9-11-13-15-17-19-20-21-29-32-36-39-43-47-51-55-59-63-69(74)68(67-73)72-70(75)64-60-56-52-48-44-40-37-33-30-27-25-23-22-24-26-28-31-34-38-42-46-50-54-58-62-66-77-71(76)65-61-57-53-49-45-41-35-18-16-14-12-10-8-6-4-2/h18,35,68-69,73-74H,3-17,19-34,36-67H2,1-2H3,(H,72,75)/b35-18-. The van der Waals surface area contributed by atoms with Crippen LogP contribution in [0.4, 0.5) is 0 Å². The van der Waals surface area contributed by atoms with E-state index in [0.29, 0.717) is 25.9 Å². The van der Waals surface area contributed by atoms with Crippen molar-refractivity contribution in [2.45, 2.75) is 418 Å². The molecule has 0 bridgehead atoms. The van der Waals surface area contributed by atoms with Crippen molar-refractivity contribution in [3.8, 4) is 0 Å². The van der Waals surface area contributed by atoms with E-state index in [1.807, 2.05) is 0 Å². The van der Waals surface area contributed by atoms with E-state index in [4.69, 9.17) is 4.74 Å². The van der Waals surface area contributed by atoms with Gasteiger partial charge in [0.2, 0.25) is 5.91 Å². The largest absolute Gasteiger partial charge is 0.466 e. The Bertz CT molecular complexity index is 1160. The van der Waals surface area contributed by atoms with Crippen LogP contribution in [0.1, 0.15) is 406 Å². The summed E-state index contributed by atoms with van der Waals surface area (Å²) in [5.74, 6) is -0.0189. The second-order valence-corrected chi connectivity index (χ2v) is 24.6. The van der Waals surface area contributed by atoms with Gasteiger partial charge in [0.05, 0.1) is 25.4 Å². The quantitative estimate of drug-likeness (QED) is 0.0320. The molecule has 6 heteroatoms. The Morgan fingerprint density at radius 1 is 0.351 bits per heavy atom. The van der Waals surface area contributed by atoms with Crippen LogP contribution in [0.15, 0.2) is 12.2 Å². The predicted molar refractivity (Wildman–Crippen MR) is 338 cm³/mol. The van der Waals surface area contributed by atoms with Crippen LogP contribution in [0.3, 0.4) is 0 Å². The van der Waals surface area contributed by atoms with E-state index in [9.17, 15) is 19.8 Å². The van der Waals surface area contributed by atoms with Crippen LogP contribution in [-0.4, -0.2) is 47.4 Å². The van der Waals surface area contributed by atoms with Crippen LogP contribution in [0.2, 0.25) is 0 Å². The first kappa shape index (κ1) is 75.6. The van der Waals surface area contributed by atoms with Crippen molar-refractivity contribution in [1.82, 2.24) is 5.32 Å². The fraction of sp³-hybridized carbons (Fsp3) is 0.944. The summed E-state index contributed by atoms with van der Waals surface area (Å²) in [6.45, 7) is 4.99. The molecule has 2 atom stereocenters. The Kier molecular flexibility index (Phi) is 65.9. The van der Waals surface area contributed by atoms with Gasteiger partial charge in [-0.1, -0.05) is 353 Å². The van der Waals surface area contributed by atoms with E-state index in [0.717, 1.165) is 44.9 Å². The maximum Gasteiger partial charge on any atom is 0.305 e. The third-order valence-corrected chi connectivity index (χ3v) is 16.8. The van der Waals surface area contributed by atoms with Crippen molar-refractivity contribution in [2.75, 3.05) is 13.2 Å². The van der Waals surface area contributed by atoms with E-state index in [1.54, 1.807) is 0 Å². The molecule has 0 fully saturated rings. The van der Waals surface area contributed by atoms with Gasteiger partial charge in [0, 0.05) is 12.8 Å². The number of hydrogen-bond acceptors (Lipinski definition) is 5. The number of ether oxygens (including phenoxy) is 1. The summed E-state index contributed by atoms with van der Waals surface area (Å²) in [5.41, 5.74) is 0. The second kappa shape index (κ2) is 67.1. The van der Waals surface area contributed by atoms with Gasteiger partial charge in [-0.25, -0.2) is 0 Å². The van der Waals surface area contributed by atoms with Crippen molar-refractivity contribution >= 4 is 11.9 Å². The molecule has 0 aliphatic rings. The highest BCUT2D eigenvalue weighted by atomic mass is 16.5. The Balaban J connectivity index is 3.36. The maximum atomic E-state index is 12.5. The second-order valence-electron chi connectivity index (χ2n) is 24.6. The van der Waals surface area contributed by atoms with Gasteiger partial charge in [0.25, 0.3) is 0 Å². The summed E-state index contributed by atoms with van der Waals surface area (Å²) in [7, 11) is 0. The van der Waals surface area contributed by atoms with Crippen LogP contribution < -0.4 is 5.32 Å². The highest BCUT2D eigenvalue weighted by Gasteiger charge is 2.20. The molecule has 0 aromatic rings. The average molecular weight is 1090 g/mol. The van der Waals surface area contributed by atoms with Gasteiger partial charge < -0.3 is 20.3 Å². The summed E-state index contributed by atoms with van der Waals surface area (Å²) in [6, 6.07) is -0.540. The highest BCUT2D eigenvalue weighted by Crippen LogP contribution is 2.19. The Hall–Kier alpha value is -1.40. The number of nitrogens with one attached hydrogen (secondary N) is 1. The number of carbonyl (C=O) groups excluding carboxylic acids is 2. The van der Waals surface area contributed by atoms with E-state index < -0.39 is 12.1 Å². The first-order valence-electron chi connectivity index (χ1n) is 35.4. The zero-order chi connectivity index (χ0) is 55.7. The molecule has 0 aliphatic heterocycles. The van der Waals surface area contributed by atoms with Gasteiger partial charge in [0.1, 0.15) is 0 Å². The van der Waals surface area contributed by atoms with E-state index in [-0.39, 0.29) is 18.5 Å². The monoisotopic (exact) mass is 1090 g/mol. The zero-order valence-corrected chi connectivity index (χ0v) is 52.5. The zero-order valence-electron chi connectivity index (χ0n) is 52.5. The van der Waals surface area contributed by atoms with Crippen LogP contribution >= 0.6 is 0 Å². The SMILES string of the molecule is CCCCCCCC/C=C\CCCCCCCC(=O)OCCCCCCCCCCCCCCCCCCCCCCCCCCCC(=O)NC(CO)C(O)CCCCCCCCCCCCCCCCCCCCCC. The lowest BCUT2D eigenvalue weighted by atomic mass is 10.0. The molecule has 0 aromatic carbocycles. The molecule has 2 unspecified atom stereocenters. The number of esters is 1. The van der Waals surface area contributed by atoms with Crippen LogP contribution in [-0.2, 0) is 14.3 Å². The number of unbranched alkanes of at least 4 members (excludes halogenated alkanes) is 54. The molecular formula is C71H139NO5. The van der Waals surface area contributed by atoms with E-state index in [2.05, 4.69) is 31.3 Å². The first-order chi connectivity index (χ1) is 38.0. The number of aliphatic hydroxyl groups excluding tert-OH is 2. The highest BCUT2D eigenvalue weighted by molar-refractivity contribution is 5.76. The summed E-state index contributed by atoms with van der Waals surface area (Å²) < 4.78 is 5.49. The third kappa shape index (κ3) is 63.6. The maximum absolute atomic E-state index is 12.5. The summed E-state index contributed by atoms with van der Waals surface area (Å²) >= 11 is 0. The van der Waals surface area contributed by atoms with E-state index >= 15 is 0 Å². The molecule has 3 N–H and O–H groups in total. The lowest BCUT2D eigenvalue weighted by Gasteiger charge is -2.22. The molecule has 0 heterocycles. The molecule has 0 spiro atoms. The number of rotatable bonds is 67. The number of aliphatic hydroxyl groups is 2.